The minimum atomic E-state index is -3.86. The lowest BCUT2D eigenvalue weighted by atomic mass is 10.1. The van der Waals surface area contributed by atoms with Crippen molar-refractivity contribution in [3.63, 3.8) is 0 Å². The number of H-pyrrole nitrogens is 2. The molecular formula is C10H14N4O4S. The summed E-state index contributed by atoms with van der Waals surface area (Å²) in [6, 6.07) is -0.101. The molecule has 3 N–H and O–H groups in total. The van der Waals surface area contributed by atoms with Gasteiger partial charge in [0.25, 0.3) is 5.56 Å². The van der Waals surface area contributed by atoms with E-state index in [4.69, 9.17) is 0 Å². The predicted octanol–water partition coefficient (Wildman–Crippen LogP) is -1.95. The fourth-order valence-corrected chi connectivity index (χ4v) is 4.52. The summed E-state index contributed by atoms with van der Waals surface area (Å²) in [5.41, 5.74) is -1.59. The maximum absolute atomic E-state index is 12.5. The minimum Gasteiger partial charge on any atom is -0.315 e. The molecule has 2 aliphatic rings. The van der Waals surface area contributed by atoms with Crippen molar-refractivity contribution in [1.29, 1.82) is 0 Å². The number of fused-ring (bicyclic) bond motifs is 1. The molecule has 2 saturated heterocycles. The number of hydrogen-bond donors (Lipinski definition) is 3. The van der Waals surface area contributed by atoms with E-state index in [0.29, 0.717) is 19.0 Å². The van der Waals surface area contributed by atoms with Gasteiger partial charge in [-0.25, -0.2) is 13.2 Å². The van der Waals surface area contributed by atoms with E-state index in [1.807, 2.05) is 4.98 Å². The maximum Gasteiger partial charge on any atom is 0.325 e. The van der Waals surface area contributed by atoms with E-state index in [9.17, 15) is 18.0 Å². The third-order valence-electron chi connectivity index (χ3n) is 3.77. The molecule has 2 aliphatic heterocycles. The normalized spacial score (nSPS) is 27.6. The quantitative estimate of drug-likeness (QED) is 0.584. The molecule has 0 bridgehead atoms. The molecule has 0 saturated carbocycles. The molecule has 3 heterocycles. The second-order valence-electron chi connectivity index (χ2n) is 4.83. The van der Waals surface area contributed by atoms with Crippen molar-refractivity contribution in [3.8, 4) is 0 Å². The lowest BCUT2D eigenvalue weighted by Crippen LogP contribution is -2.41. The van der Waals surface area contributed by atoms with Crippen LogP contribution in [0, 0.1) is 5.92 Å². The molecular weight excluding hydrogens is 272 g/mol. The molecule has 0 aromatic carbocycles. The van der Waals surface area contributed by atoms with E-state index in [2.05, 4.69) is 10.3 Å². The first-order valence-corrected chi connectivity index (χ1v) is 7.49. The number of aromatic amines is 2. The summed E-state index contributed by atoms with van der Waals surface area (Å²) in [6.07, 6.45) is 1.75. The highest BCUT2D eigenvalue weighted by atomic mass is 32.2. The van der Waals surface area contributed by atoms with Crippen LogP contribution < -0.4 is 16.6 Å². The topological polar surface area (TPSA) is 115 Å². The van der Waals surface area contributed by atoms with E-state index in [-0.39, 0.29) is 6.04 Å². The summed E-state index contributed by atoms with van der Waals surface area (Å²) < 4.78 is 26.3. The summed E-state index contributed by atoms with van der Waals surface area (Å²) in [7, 11) is -3.86. The highest BCUT2D eigenvalue weighted by Crippen LogP contribution is 2.31. The zero-order chi connectivity index (χ0) is 13.6. The second kappa shape index (κ2) is 4.29. The molecule has 1 aromatic rings. The van der Waals surface area contributed by atoms with Gasteiger partial charge in [0.15, 0.2) is 4.90 Å². The molecule has 2 atom stereocenters. The van der Waals surface area contributed by atoms with Gasteiger partial charge >= 0.3 is 5.69 Å². The zero-order valence-corrected chi connectivity index (χ0v) is 10.9. The molecule has 19 heavy (non-hydrogen) atoms. The minimum absolute atomic E-state index is 0.101. The van der Waals surface area contributed by atoms with Crippen molar-refractivity contribution in [2.45, 2.75) is 17.4 Å². The van der Waals surface area contributed by atoms with Crippen molar-refractivity contribution in [1.82, 2.24) is 19.6 Å². The molecule has 0 spiro atoms. The Morgan fingerprint density at radius 2 is 2.05 bits per heavy atom. The number of nitrogens with zero attached hydrogens (tertiary/aromatic N) is 1. The monoisotopic (exact) mass is 286 g/mol. The van der Waals surface area contributed by atoms with Crippen LogP contribution in [-0.4, -0.2) is 48.4 Å². The zero-order valence-electron chi connectivity index (χ0n) is 10.0. The van der Waals surface area contributed by atoms with Gasteiger partial charge in [-0.3, -0.25) is 9.78 Å². The molecule has 1 aromatic heterocycles. The number of aromatic nitrogens is 2. The van der Waals surface area contributed by atoms with Crippen molar-refractivity contribution in [3.05, 3.63) is 27.0 Å². The average Bonchev–Trinajstić information content (AvgIpc) is 2.88. The van der Waals surface area contributed by atoms with Gasteiger partial charge in [-0.15, -0.1) is 0 Å². The molecule has 9 heteroatoms. The van der Waals surface area contributed by atoms with Crippen LogP contribution in [0.5, 0.6) is 0 Å². The highest BCUT2D eigenvalue weighted by molar-refractivity contribution is 7.89. The Bertz CT molecular complexity index is 707. The number of rotatable bonds is 2. The molecule has 0 amide bonds. The molecule has 3 rings (SSSR count). The fourth-order valence-electron chi connectivity index (χ4n) is 2.82. The second-order valence-corrected chi connectivity index (χ2v) is 6.69. The van der Waals surface area contributed by atoms with Crippen LogP contribution >= 0.6 is 0 Å². The molecule has 0 radical (unpaired) electrons. The van der Waals surface area contributed by atoms with E-state index >= 15 is 0 Å². The van der Waals surface area contributed by atoms with Gasteiger partial charge in [0.2, 0.25) is 10.0 Å². The lowest BCUT2D eigenvalue weighted by Gasteiger charge is -2.22. The van der Waals surface area contributed by atoms with Crippen LogP contribution in [0.25, 0.3) is 0 Å². The van der Waals surface area contributed by atoms with Gasteiger partial charge < -0.3 is 10.3 Å². The van der Waals surface area contributed by atoms with Crippen molar-refractivity contribution in [2.24, 2.45) is 5.92 Å². The highest BCUT2D eigenvalue weighted by Gasteiger charge is 2.44. The molecule has 2 fully saturated rings. The Morgan fingerprint density at radius 1 is 1.26 bits per heavy atom. The SMILES string of the molecule is O=c1[nH]cc(S(=O)(=O)N2CC[C@@H]3CNC[C@@H]32)c(=O)[nH]1. The Hall–Kier alpha value is -1.45. The summed E-state index contributed by atoms with van der Waals surface area (Å²) in [6.45, 7) is 1.82. The summed E-state index contributed by atoms with van der Waals surface area (Å²) in [4.78, 5) is 26.3. The van der Waals surface area contributed by atoms with Crippen molar-refractivity contribution in [2.75, 3.05) is 19.6 Å². The Morgan fingerprint density at radius 3 is 2.79 bits per heavy atom. The van der Waals surface area contributed by atoms with Gasteiger partial charge in [0.05, 0.1) is 0 Å². The lowest BCUT2D eigenvalue weighted by molar-refractivity contribution is 0.382. The van der Waals surface area contributed by atoms with Crippen LogP contribution in [0.15, 0.2) is 20.7 Å². The first-order chi connectivity index (χ1) is 9.00. The Kier molecular flexibility index (Phi) is 2.84. The van der Waals surface area contributed by atoms with Crippen molar-refractivity contribution >= 4 is 10.0 Å². The predicted molar refractivity (Wildman–Crippen MR) is 66.3 cm³/mol. The summed E-state index contributed by atoms with van der Waals surface area (Å²) in [5.74, 6) is 0.302. The fraction of sp³-hybridized carbons (Fsp3) is 0.600. The van der Waals surface area contributed by atoms with Gasteiger partial charge in [-0.1, -0.05) is 0 Å². The first kappa shape index (κ1) is 12.6. The third kappa shape index (κ3) is 1.94. The van der Waals surface area contributed by atoms with Crippen LogP contribution in [0.3, 0.4) is 0 Å². The van der Waals surface area contributed by atoms with Crippen molar-refractivity contribution < 1.29 is 8.42 Å². The average molecular weight is 286 g/mol. The van der Waals surface area contributed by atoms with E-state index in [1.165, 1.54) is 4.31 Å². The van der Waals surface area contributed by atoms with E-state index < -0.39 is 26.2 Å². The van der Waals surface area contributed by atoms with E-state index in [0.717, 1.165) is 19.2 Å². The Balaban J connectivity index is 2.03. The number of nitrogens with one attached hydrogen (secondary N) is 3. The molecule has 0 unspecified atom stereocenters. The molecule has 104 valence electrons. The molecule has 0 aliphatic carbocycles. The summed E-state index contributed by atoms with van der Waals surface area (Å²) in [5, 5.41) is 3.15. The van der Waals surface area contributed by atoms with Gasteiger partial charge in [0.1, 0.15) is 0 Å². The van der Waals surface area contributed by atoms with Crippen LogP contribution in [0.1, 0.15) is 6.42 Å². The van der Waals surface area contributed by atoms with E-state index in [1.54, 1.807) is 0 Å². The maximum atomic E-state index is 12.5. The summed E-state index contributed by atoms with van der Waals surface area (Å²) >= 11 is 0. The van der Waals surface area contributed by atoms with Crippen LogP contribution in [0.2, 0.25) is 0 Å². The van der Waals surface area contributed by atoms with Gasteiger partial charge in [-0.2, -0.15) is 4.31 Å². The standard InChI is InChI=1S/C10H14N4O4S/c15-9-8(5-12-10(16)13-9)19(17,18)14-2-1-6-3-11-4-7(6)14/h5-7,11H,1-4H2,(H2,12,13,15,16)/t6-,7+/m1/s1. The van der Waals surface area contributed by atoms with Gasteiger partial charge in [-0.05, 0) is 18.9 Å². The van der Waals surface area contributed by atoms with Crippen LogP contribution in [0.4, 0.5) is 0 Å². The number of hydrogen-bond acceptors (Lipinski definition) is 5. The Labute approximate surface area is 108 Å². The largest absolute Gasteiger partial charge is 0.325 e. The van der Waals surface area contributed by atoms with Crippen LogP contribution in [-0.2, 0) is 10.0 Å². The van der Waals surface area contributed by atoms with Gasteiger partial charge in [0, 0.05) is 25.3 Å². The third-order valence-corrected chi connectivity index (χ3v) is 5.70. The number of sulfonamides is 1. The first-order valence-electron chi connectivity index (χ1n) is 6.05. The molecule has 8 nitrogen and oxygen atoms in total. The smallest absolute Gasteiger partial charge is 0.315 e.